The van der Waals surface area contributed by atoms with Crippen LogP contribution in [0.1, 0.15) is 34.5 Å². The van der Waals surface area contributed by atoms with E-state index in [0.717, 1.165) is 11.1 Å². The van der Waals surface area contributed by atoms with E-state index < -0.39 is 0 Å². The van der Waals surface area contributed by atoms with Crippen LogP contribution in [0.4, 0.5) is 5.82 Å². The number of nitrogens with one attached hydrogen (secondary N) is 2. The van der Waals surface area contributed by atoms with E-state index in [-0.39, 0.29) is 11.9 Å². The molecule has 104 valence electrons. The maximum Gasteiger partial charge on any atom is 0.251 e. The van der Waals surface area contributed by atoms with Gasteiger partial charge in [-0.25, -0.2) is 10.8 Å². The Morgan fingerprint density at radius 3 is 2.75 bits per heavy atom. The Kier molecular flexibility index (Phi) is 4.32. The molecule has 0 aliphatic rings. The summed E-state index contributed by atoms with van der Waals surface area (Å²) >= 11 is 0. The summed E-state index contributed by atoms with van der Waals surface area (Å²) in [4.78, 5) is 16.2. The van der Waals surface area contributed by atoms with E-state index in [4.69, 9.17) is 5.84 Å². The Hall–Kier alpha value is -2.40. The van der Waals surface area contributed by atoms with E-state index in [1.54, 1.807) is 18.3 Å². The molecule has 0 fully saturated rings. The average Bonchev–Trinajstić information content (AvgIpc) is 2.47. The third kappa shape index (κ3) is 3.13. The van der Waals surface area contributed by atoms with E-state index in [2.05, 4.69) is 15.7 Å². The van der Waals surface area contributed by atoms with Gasteiger partial charge < -0.3 is 10.7 Å². The molecule has 4 N–H and O–H groups in total. The maximum atomic E-state index is 12.2. The van der Waals surface area contributed by atoms with Crippen LogP contribution in [0.15, 0.2) is 42.6 Å². The summed E-state index contributed by atoms with van der Waals surface area (Å²) in [5.41, 5.74) is 5.20. The number of benzene rings is 1. The number of carbonyl (C=O) groups is 1. The Morgan fingerprint density at radius 2 is 2.05 bits per heavy atom. The van der Waals surface area contributed by atoms with E-state index in [1.807, 2.05) is 38.1 Å². The van der Waals surface area contributed by atoms with Crippen LogP contribution >= 0.6 is 0 Å². The van der Waals surface area contributed by atoms with Crippen molar-refractivity contribution in [1.82, 2.24) is 10.3 Å². The molecule has 2 rings (SSSR count). The molecule has 1 atom stereocenters. The van der Waals surface area contributed by atoms with Gasteiger partial charge in [0.15, 0.2) is 0 Å². The first-order valence-corrected chi connectivity index (χ1v) is 6.41. The maximum absolute atomic E-state index is 12.2. The van der Waals surface area contributed by atoms with Gasteiger partial charge in [-0.1, -0.05) is 24.3 Å². The van der Waals surface area contributed by atoms with Gasteiger partial charge in [0, 0.05) is 11.8 Å². The molecule has 0 radical (unpaired) electrons. The van der Waals surface area contributed by atoms with E-state index >= 15 is 0 Å². The normalized spacial score (nSPS) is 11.8. The summed E-state index contributed by atoms with van der Waals surface area (Å²) in [6.45, 7) is 3.99. The van der Waals surface area contributed by atoms with E-state index in [1.165, 1.54) is 0 Å². The number of nitrogens with zero attached hydrogens (tertiary/aromatic N) is 1. The topological polar surface area (TPSA) is 80.0 Å². The molecule has 0 saturated heterocycles. The zero-order valence-electron chi connectivity index (χ0n) is 11.6. The number of aryl methyl sites for hydroxylation is 1. The highest BCUT2D eigenvalue weighted by molar-refractivity contribution is 5.95. The third-order valence-electron chi connectivity index (χ3n) is 3.17. The number of anilines is 1. The lowest BCUT2D eigenvalue weighted by atomic mass is 10.0. The van der Waals surface area contributed by atoms with E-state index in [9.17, 15) is 4.79 Å². The van der Waals surface area contributed by atoms with Gasteiger partial charge in [-0.05, 0) is 37.1 Å². The standard InChI is InChI=1S/C15H18N4O/c1-10-5-3-4-6-13(10)11(2)18-15(20)12-7-8-17-14(9-12)19-16/h3-9,11H,16H2,1-2H3,(H,17,19)(H,18,20). The highest BCUT2D eigenvalue weighted by Gasteiger charge is 2.13. The molecule has 1 aromatic carbocycles. The molecule has 0 aliphatic heterocycles. The Morgan fingerprint density at radius 1 is 1.30 bits per heavy atom. The minimum absolute atomic E-state index is 0.0637. The fraction of sp³-hybridized carbons (Fsp3) is 0.200. The molecule has 0 spiro atoms. The van der Waals surface area contributed by atoms with Crippen molar-refractivity contribution < 1.29 is 4.79 Å². The largest absolute Gasteiger partial charge is 0.346 e. The predicted molar refractivity (Wildman–Crippen MR) is 79.1 cm³/mol. The summed E-state index contributed by atoms with van der Waals surface area (Å²) < 4.78 is 0. The van der Waals surface area contributed by atoms with Gasteiger partial charge in [0.1, 0.15) is 5.82 Å². The van der Waals surface area contributed by atoms with Crippen LogP contribution < -0.4 is 16.6 Å². The number of aromatic nitrogens is 1. The summed E-state index contributed by atoms with van der Waals surface area (Å²) in [5.74, 6) is 5.59. The quantitative estimate of drug-likeness (QED) is 0.587. The molecule has 1 unspecified atom stereocenters. The summed E-state index contributed by atoms with van der Waals surface area (Å²) in [6.07, 6.45) is 1.54. The SMILES string of the molecule is Cc1ccccc1C(C)NC(=O)c1ccnc(NN)c1. The minimum Gasteiger partial charge on any atom is -0.346 e. The summed E-state index contributed by atoms with van der Waals surface area (Å²) in [5, 5.41) is 2.97. The monoisotopic (exact) mass is 270 g/mol. The van der Waals surface area contributed by atoms with Gasteiger partial charge in [-0.3, -0.25) is 4.79 Å². The number of pyridine rings is 1. The molecule has 1 aromatic heterocycles. The number of nitrogen functional groups attached to an aromatic ring is 1. The van der Waals surface area contributed by atoms with Crippen molar-refractivity contribution in [2.75, 3.05) is 5.43 Å². The molecule has 0 bridgehead atoms. The smallest absolute Gasteiger partial charge is 0.251 e. The number of hydrazine groups is 1. The average molecular weight is 270 g/mol. The van der Waals surface area contributed by atoms with Gasteiger partial charge in [0.2, 0.25) is 0 Å². The van der Waals surface area contributed by atoms with Crippen molar-refractivity contribution in [3.8, 4) is 0 Å². The second-order valence-corrected chi connectivity index (χ2v) is 4.63. The first-order valence-electron chi connectivity index (χ1n) is 6.41. The van der Waals surface area contributed by atoms with Crippen molar-refractivity contribution in [2.24, 2.45) is 5.84 Å². The fourth-order valence-corrected chi connectivity index (χ4v) is 2.08. The van der Waals surface area contributed by atoms with Crippen LogP contribution in [-0.2, 0) is 0 Å². The second kappa shape index (κ2) is 6.16. The third-order valence-corrected chi connectivity index (χ3v) is 3.17. The number of carbonyl (C=O) groups excluding carboxylic acids is 1. The lowest BCUT2D eigenvalue weighted by Gasteiger charge is -2.16. The molecule has 1 amide bonds. The zero-order valence-corrected chi connectivity index (χ0v) is 11.6. The molecular formula is C15H18N4O. The number of rotatable bonds is 4. The number of nitrogens with two attached hydrogens (primary N) is 1. The van der Waals surface area contributed by atoms with Gasteiger partial charge in [-0.2, -0.15) is 0 Å². The van der Waals surface area contributed by atoms with Gasteiger partial charge in [0.25, 0.3) is 5.91 Å². The van der Waals surface area contributed by atoms with Crippen LogP contribution in [0.2, 0.25) is 0 Å². The molecule has 5 heteroatoms. The number of hydrogen-bond donors (Lipinski definition) is 3. The molecular weight excluding hydrogens is 252 g/mol. The van der Waals surface area contributed by atoms with Crippen LogP contribution in [0.5, 0.6) is 0 Å². The Labute approximate surface area is 118 Å². The van der Waals surface area contributed by atoms with Gasteiger partial charge in [-0.15, -0.1) is 0 Å². The fourth-order valence-electron chi connectivity index (χ4n) is 2.08. The van der Waals surface area contributed by atoms with Gasteiger partial charge in [0.05, 0.1) is 6.04 Å². The van der Waals surface area contributed by atoms with Crippen LogP contribution in [0.25, 0.3) is 0 Å². The second-order valence-electron chi connectivity index (χ2n) is 4.63. The predicted octanol–water partition coefficient (Wildman–Crippen LogP) is 2.17. The molecule has 0 saturated carbocycles. The molecule has 20 heavy (non-hydrogen) atoms. The highest BCUT2D eigenvalue weighted by atomic mass is 16.1. The zero-order chi connectivity index (χ0) is 14.5. The number of hydrogen-bond acceptors (Lipinski definition) is 4. The van der Waals surface area contributed by atoms with Crippen molar-refractivity contribution in [1.29, 1.82) is 0 Å². The van der Waals surface area contributed by atoms with Crippen LogP contribution in [-0.4, -0.2) is 10.9 Å². The first kappa shape index (κ1) is 14.0. The van der Waals surface area contributed by atoms with Crippen LogP contribution in [0.3, 0.4) is 0 Å². The van der Waals surface area contributed by atoms with Crippen LogP contribution in [0, 0.1) is 6.92 Å². The number of amides is 1. The first-order chi connectivity index (χ1) is 9.61. The lowest BCUT2D eigenvalue weighted by molar-refractivity contribution is 0.0940. The summed E-state index contributed by atoms with van der Waals surface area (Å²) in [7, 11) is 0. The Balaban J connectivity index is 2.13. The van der Waals surface area contributed by atoms with Gasteiger partial charge >= 0.3 is 0 Å². The summed E-state index contributed by atoms with van der Waals surface area (Å²) in [6, 6.07) is 11.2. The van der Waals surface area contributed by atoms with Crippen molar-refractivity contribution in [3.63, 3.8) is 0 Å². The Bertz CT molecular complexity index is 612. The molecule has 5 nitrogen and oxygen atoms in total. The molecule has 2 aromatic rings. The molecule has 1 heterocycles. The van der Waals surface area contributed by atoms with Crippen molar-refractivity contribution in [2.45, 2.75) is 19.9 Å². The molecule has 0 aliphatic carbocycles. The lowest BCUT2D eigenvalue weighted by Crippen LogP contribution is -2.27. The van der Waals surface area contributed by atoms with Crippen molar-refractivity contribution in [3.05, 3.63) is 59.3 Å². The highest BCUT2D eigenvalue weighted by Crippen LogP contribution is 2.17. The van der Waals surface area contributed by atoms with E-state index in [0.29, 0.717) is 11.4 Å². The van der Waals surface area contributed by atoms with Crippen molar-refractivity contribution >= 4 is 11.7 Å². The minimum atomic E-state index is -0.153.